The molecule has 0 saturated heterocycles. The van der Waals surface area contributed by atoms with Crippen LogP contribution in [-0.4, -0.2) is 23.7 Å². The van der Waals surface area contributed by atoms with Crippen LogP contribution in [0.2, 0.25) is 0 Å². The molecule has 8 nitrogen and oxygen atoms in total. The molecular formula is C16H14N3O5-. The second-order valence-corrected chi connectivity index (χ2v) is 4.88. The Balaban J connectivity index is 1.84. The summed E-state index contributed by atoms with van der Waals surface area (Å²) in [5.74, 6) is -0.639. The molecule has 0 spiro atoms. The molecule has 2 aromatic rings. The fraction of sp³-hybridized carbons (Fsp3) is 0.125. The van der Waals surface area contributed by atoms with E-state index in [0.717, 1.165) is 17.7 Å². The van der Waals surface area contributed by atoms with Crippen LogP contribution in [-0.2, 0) is 4.79 Å². The lowest BCUT2D eigenvalue weighted by Crippen LogP contribution is -2.24. The van der Waals surface area contributed by atoms with Crippen molar-refractivity contribution in [3.63, 3.8) is 0 Å². The first-order valence-corrected chi connectivity index (χ1v) is 6.92. The summed E-state index contributed by atoms with van der Waals surface area (Å²) in [4.78, 5) is 21.4. The van der Waals surface area contributed by atoms with Crippen LogP contribution < -0.4 is 15.3 Å². The zero-order chi connectivity index (χ0) is 17.5. The number of nitro groups is 1. The van der Waals surface area contributed by atoms with Gasteiger partial charge in [-0.2, -0.15) is 5.10 Å². The summed E-state index contributed by atoms with van der Waals surface area (Å²) in [6.45, 7) is 1.73. The van der Waals surface area contributed by atoms with E-state index in [4.69, 9.17) is 4.74 Å². The van der Waals surface area contributed by atoms with E-state index in [-0.39, 0.29) is 6.61 Å². The van der Waals surface area contributed by atoms with Crippen LogP contribution in [0, 0.1) is 17.0 Å². The number of nitrogens with one attached hydrogen (secondary N) is 1. The normalized spacial score (nSPS) is 10.5. The summed E-state index contributed by atoms with van der Waals surface area (Å²) >= 11 is 0. The molecule has 0 fully saturated rings. The molecule has 0 unspecified atom stereocenters. The molecule has 0 aliphatic carbocycles. The first-order chi connectivity index (χ1) is 11.5. The average molecular weight is 328 g/mol. The molecule has 124 valence electrons. The molecule has 2 aromatic carbocycles. The van der Waals surface area contributed by atoms with Crippen molar-refractivity contribution in [2.75, 3.05) is 6.61 Å². The molecule has 2 rings (SSSR count). The molecule has 1 amide bonds. The second kappa shape index (κ2) is 7.73. The van der Waals surface area contributed by atoms with E-state index in [0.29, 0.717) is 11.3 Å². The van der Waals surface area contributed by atoms with E-state index in [2.05, 4.69) is 10.5 Å². The number of aryl methyl sites for hydroxylation is 1. The van der Waals surface area contributed by atoms with Crippen molar-refractivity contribution in [1.29, 1.82) is 0 Å². The SMILES string of the molecule is Cc1ccc(OCC(=O)N/N=C\c2ccc([N+](=O)[O-])c([O-])c2)cc1. The lowest BCUT2D eigenvalue weighted by atomic mass is 10.2. The molecule has 0 aliphatic heterocycles. The first kappa shape index (κ1) is 16.9. The Labute approximate surface area is 137 Å². The van der Waals surface area contributed by atoms with Gasteiger partial charge in [-0.15, -0.1) is 0 Å². The van der Waals surface area contributed by atoms with Gasteiger partial charge in [-0.05, 0) is 36.4 Å². The standard InChI is InChI=1S/C16H15N3O5/c1-11-2-5-13(6-3-11)24-10-16(21)18-17-9-12-4-7-14(19(22)23)15(20)8-12/h2-9,20H,10H2,1H3,(H,18,21)/p-1/b17-9-. The van der Waals surface area contributed by atoms with Crippen molar-refractivity contribution in [2.45, 2.75) is 6.92 Å². The number of benzene rings is 2. The molecule has 1 N–H and O–H groups in total. The van der Waals surface area contributed by atoms with Crippen molar-refractivity contribution >= 4 is 17.8 Å². The predicted molar refractivity (Wildman–Crippen MR) is 85.0 cm³/mol. The highest BCUT2D eigenvalue weighted by atomic mass is 16.6. The highest BCUT2D eigenvalue weighted by Crippen LogP contribution is 2.22. The molecule has 8 heteroatoms. The van der Waals surface area contributed by atoms with Crippen molar-refractivity contribution in [3.8, 4) is 11.5 Å². The van der Waals surface area contributed by atoms with E-state index < -0.39 is 22.3 Å². The Morgan fingerprint density at radius 3 is 2.62 bits per heavy atom. The minimum absolute atomic E-state index is 0.215. The fourth-order valence-corrected chi connectivity index (χ4v) is 1.76. The number of nitrogens with zero attached hydrogens (tertiary/aromatic N) is 2. The van der Waals surface area contributed by atoms with Crippen LogP contribution in [0.15, 0.2) is 47.6 Å². The number of carbonyl (C=O) groups excluding carboxylic acids is 1. The fourth-order valence-electron chi connectivity index (χ4n) is 1.76. The second-order valence-electron chi connectivity index (χ2n) is 4.88. The van der Waals surface area contributed by atoms with Crippen LogP contribution in [0.3, 0.4) is 0 Å². The third-order valence-electron chi connectivity index (χ3n) is 2.97. The van der Waals surface area contributed by atoms with Crippen molar-refractivity contribution < 1.29 is 19.6 Å². The van der Waals surface area contributed by atoms with Gasteiger partial charge < -0.3 is 9.84 Å². The average Bonchev–Trinajstić information content (AvgIpc) is 2.54. The van der Waals surface area contributed by atoms with Gasteiger partial charge in [0.1, 0.15) is 5.75 Å². The Bertz CT molecular complexity index is 772. The van der Waals surface area contributed by atoms with Crippen LogP contribution >= 0.6 is 0 Å². The van der Waals surface area contributed by atoms with Crippen molar-refractivity contribution in [3.05, 3.63) is 63.7 Å². The number of carbonyl (C=O) groups is 1. The summed E-state index contributed by atoms with van der Waals surface area (Å²) in [5.41, 5.74) is 3.15. The van der Waals surface area contributed by atoms with Gasteiger partial charge in [-0.25, -0.2) is 5.43 Å². The Morgan fingerprint density at radius 2 is 2.00 bits per heavy atom. The highest BCUT2D eigenvalue weighted by molar-refractivity contribution is 5.83. The third-order valence-corrected chi connectivity index (χ3v) is 2.97. The van der Waals surface area contributed by atoms with Crippen LogP contribution in [0.25, 0.3) is 0 Å². The summed E-state index contributed by atoms with van der Waals surface area (Å²) in [7, 11) is 0. The van der Waals surface area contributed by atoms with Gasteiger partial charge in [-0.3, -0.25) is 14.9 Å². The van der Waals surface area contributed by atoms with Gasteiger partial charge in [0, 0.05) is 6.07 Å². The number of nitro benzene ring substituents is 1. The minimum atomic E-state index is -0.757. The summed E-state index contributed by atoms with van der Waals surface area (Å²) in [5, 5.41) is 25.7. The maximum absolute atomic E-state index is 11.6. The zero-order valence-corrected chi connectivity index (χ0v) is 12.8. The molecular weight excluding hydrogens is 314 g/mol. The quantitative estimate of drug-likeness (QED) is 0.490. The summed E-state index contributed by atoms with van der Waals surface area (Å²) < 4.78 is 5.28. The maximum Gasteiger partial charge on any atom is 0.277 e. The molecule has 0 radical (unpaired) electrons. The topological polar surface area (TPSA) is 117 Å². The minimum Gasteiger partial charge on any atom is -0.868 e. The van der Waals surface area contributed by atoms with E-state index >= 15 is 0 Å². The van der Waals surface area contributed by atoms with Crippen LogP contribution in [0.4, 0.5) is 5.69 Å². The number of hydrogen-bond acceptors (Lipinski definition) is 6. The van der Waals surface area contributed by atoms with E-state index in [1.807, 2.05) is 19.1 Å². The van der Waals surface area contributed by atoms with E-state index in [1.54, 1.807) is 12.1 Å². The van der Waals surface area contributed by atoms with Gasteiger partial charge >= 0.3 is 0 Å². The molecule has 0 aliphatic rings. The lowest BCUT2D eigenvalue weighted by Gasteiger charge is -2.07. The van der Waals surface area contributed by atoms with Gasteiger partial charge in [-0.1, -0.05) is 23.8 Å². The maximum atomic E-state index is 11.6. The molecule has 0 bridgehead atoms. The summed E-state index contributed by atoms with van der Waals surface area (Å²) in [6.07, 6.45) is 1.22. The predicted octanol–water partition coefficient (Wildman–Crippen LogP) is 1.51. The summed E-state index contributed by atoms with van der Waals surface area (Å²) in [6, 6.07) is 10.7. The highest BCUT2D eigenvalue weighted by Gasteiger charge is 2.06. The number of hydrazone groups is 1. The van der Waals surface area contributed by atoms with E-state index in [9.17, 15) is 20.0 Å². The Morgan fingerprint density at radius 1 is 1.29 bits per heavy atom. The molecule has 0 heterocycles. The van der Waals surface area contributed by atoms with Crippen molar-refractivity contribution in [2.24, 2.45) is 5.10 Å². The van der Waals surface area contributed by atoms with Gasteiger partial charge in [0.25, 0.3) is 11.6 Å². The number of ether oxygens (including phenoxy) is 1. The molecule has 0 aromatic heterocycles. The molecule has 24 heavy (non-hydrogen) atoms. The van der Waals surface area contributed by atoms with Crippen LogP contribution in [0.5, 0.6) is 11.5 Å². The number of amides is 1. The largest absolute Gasteiger partial charge is 0.868 e. The third kappa shape index (κ3) is 4.80. The van der Waals surface area contributed by atoms with Gasteiger partial charge in [0.15, 0.2) is 6.61 Å². The van der Waals surface area contributed by atoms with Gasteiger partial charge in [0.2, 0.25) is 0 Å². The number of rotatable bonds is 6. The van der Waals surface area contributed by atoms with Gasteiger partial charge in [0.05, 0.1) is 11.1 Å². The Kier molecular flexibility index (Phi) is 5.45. The monoisotopic (exact) mass is 328 g/mol. The van der Waals surface area contributed by atoms with E-state index in [1.165, 1.54) is 12.3 Å². The van der Waals surface area contributed by atoms with Crippen LogP contribution in [0.1, 0.15) is 11.1 Å². The molecule has 0 atom stereocenters. The Hall–Kier alpha value is -3.42. The molecule has 0 saturated carbocycles. The lowest BCUT2D eigenvalue weighted by molar-refractivity contribution is -0.398. The smallest absolute Gasteiger partial charge is 0.277 e. The number of hydrogen-bond donors (Lipinski definition) is 1. The van der Waals surface area contributed by atoms with Crippen molar-refractivity contribution in [1.82, 2.24) is 5.43 Å². The zero-order valence-electron chi connectivity index (χ0n) is 12.8. The first-order valence-electron chi connectivity index (χ1n) is 6.92.